The molecule has 102 valence electrons. The van der Waals surface area contributed by atoms with Gasteiger partial charge in [0.25, 0.3) is 0 Å². The lowest BCUT2D eigenvalue weighted by Gasteiger charge is -2.07. The Morgan fingerprint density at radius 3 is 2.68 bits per heavy atom. The summed E-state index contributed by atoms with van der Waals surface area (Å²) in [6.07, 6.45) is 3.12. The van der Waals surface area contributed by atoms with E-state index in [0.29, 0.717) is 5.75 Å². The fourth-order valence-corrected chi connectivity index (χ4v) is 1.46. The van der Waals surface area contributed by atoms with E-state index in [9.17, 15) is 4.79 Å². The summed E-state index contributed by atoms with van der Waals surface area (Å²) in [5.41, 5.74) is 0. The molecule has 0 aliphatic rings. The summed E-state index contributed by atoms with van der Waals surface area (Å²) in [5, 5.41) is 0. The maximum atomic E-state index is 11.4. The van der Waals surface area contributed by atoms with Gasteiger partial charge in [-0.15, -0.1) is 0 Å². The van der Waals surface area contributed by atoms with Gasteiger partial charge >= 0.3 is 6.16 Å². The molecule has 0 fully saturated rings. The summed E-state index contributed by atoms with van der Waals surface area (Å²) < 4.78 is 10.0. The van der Waals surface area contributed by atoms with Crippen LogP contribution in [0, 0.1) is 11.8 Å². The van der Waals surface area contributed by atoms with Crippen LogP contribution >= 0.6 is 0 Å². The van der Waals surface area contributed by atoms with Crippen molar-refractivity contribution in [2.75, 3.05) is 0 Å². The summed E-state index contributed by atoms with van der Waals surface area (Å²) in [7, 11) is 0. The fraction of sp³-hybridized carbons (Fsp3) is 0.438. The Morgan fingerprint density at radius 1 is 1.26 bits per heavy atom. The van der Waals surface area contributed by atoms with E-state index in [1.54, 1.807) is 31.2 Å². The molecule has 0 amide bonds. The minimum absolute atomic E-state index is 0.446. The standard InChI is InChI=1S/C16H20O3/c1-3-4-5-6-8-11-14(2)18-16(17)19-15-12-9-7-10-13-15/h7,9-10,12-14H,3-6H2,1-2H3. The van der Waals surface area contributed by atoms with Crippen LogP contribution in [0.2, 0.25) is 0 Å². The maximum Gasteiger partial charge on any atom is 0.515 e. The normalized spacial score (nSPS) is 11.1. The van der Waals surface area contributed by atoms with E-state index in [1.165, 1.54) is 12.8 Å². The molecule has 1 rings (SSSR count). The number of para-hydroxylation sites is 1. The van der Waals surface area contributed by atoms with E-state index in [1.807, 2.05) is 6.07 Å². The summed E-state index contributed by atoms with van der Waals surface area (Å²) in [4.78, 5) is 11.4. The molecule has 0 N–H and O–H groups in total. The van der Waals surface area contributed by atoms with Gasteiger partial charge in [0, 0.05) is 6.42 Å². The number of hydrogen-bond acceptors (Lipinski definition) is 3. The van der Waals surface area contributed by atoms with Crippen LogP contribution in [0.4, 0.5) is 4.79 Å². The minimum atomic E-state index is -0.721. The first-order chi connectivity index (χ1) is 9.22. The third kappa shape index (κ3) is 7.15. The van der Waals surface area contributed by atoms with Crippen molar-refractivity contribution in [3.63, 3.8) is 0 Å². The second-order valence-corrected chi connectivity index (χ2v) is 4.20. The van der Waals surface area contributed by atoms with Gasteiger partial charge in [0.05, 0.1) is 0 Å². The zero-order chi connectivity index (χ0) is 13.9. The minimum Gasteiger partial charge on any atom is -0.418 e. The summed E-state index contributed by atoms with van der Waals surface area (Å²) in [6, 6.07) is 8.83. The van der Waals surface area contributed by atoms with Crippen LogP contribution in [0.15, 0.2) is 30.3 Å². The van der Waals surface area contributed by atoms with Crippen molar-refractivity contribution in [1.82, 2.24) is 0 Å². The molecule has 0 spiro atoms. The van der Waals surface area contributed by atoms with Gasteiger partial charge in [-0.1, -0.05) is 49.8 Å². The summed E-state index contributed by atoms with van der Waals surface area (Å²) in [5.74, 6) is 6.36. The summed E-state index contributed by atoms with van der Waals surface area (Å²) in [6.45, 7) is 3.89. The third-order valence-electron chi connectivity index (χ3n) is 2.43. The van der Waals surface area contributed by atoms with E-state index in [4.69, 9.17) is 9.47 Å². The molecule has 1 unspecified atom stereocenters. The molecule has 0 aromatic heterocycles. The number of ether oxygens (including phenoxy) is 2. The molecule has 0 bridgehead atoms. The number of carbonyl (C=O) groups excluding carboxylic acids is 1. The van der Waals surface area contributed by atoms with Gasteiger partial charge in [0.1, 0.15) is 5.75 Å². The third-order valence-corrected chi connectivity index (χ3v) is 2.43. The van der Waals surface area contributed by atoms with Crippen molar-refractivity contribution < 1.29 is 14.3 Å². The van der Waals surface area contributed by atoms with Crippen molar-refractivity contribution >= 4 is 6.16 Å². The predicted octanol–water partition coefficient (Wildman–Crippen LogP) is 4.17. The monoisotopic (exact) mass is 260 g/mol. The van der Waals surface area contributed by atoms with Crippen LogP contribution in [0.1, 0.15) is 39.5 Å². The zero-order valence-corrected chi connectivity index (χ0v) is 11.5. The molecular formula is C16H20O3. The van der Waals surface area contributed by atoms with Gasteiger partial charge in [0.2, 0.25) is 0 Å². The van der Waals surface area contributed by atoms with E-state index < -0.39 is 12.3 Å². The SMILES string of the molecule is CCCCCC#CC(C)OC(=O)Oc1ccccc1. The quantitative estimate of drug-likeness (QED) is 0.345. The zero-order valence-electron chi connectivity index (χ0n) is 11.5. The molecule has 1 aromatic rings. The van der Waals surface area contributed by atoms with Crippen LogP contribution in [0.5, 0.6) is 5.75 Å². The average molecular weight is 260 g/mol. The molecule has 1 aromatic carbocycles. The second-order valence-electron chi connectivity index (χ2n) is 4.20. The number of carbonyl (C=O) groups is 1. The van der Waals surface area contributed by atoms with Gasteiger partial charge in [-0.2, -0.15) is 0 Å². The van der Waals surface area contributed by atoms with E-state index in [2.05, 4.69) is 18.8 Å². The lowest BCUT2D eigenvalue weighted by atomic mass is 10.2. The Morgan fingerprint density at radius 2 is 2.00 bits per heavy atom. The van der Waals surface area contributed by atoms with E-state index in [0.717, 1.165) is 12.8 Å². The topological polar surface area (TPSA) is 35.5 Å². The van der Waals surface area contributed by atoms with E-state index in [-0.39, 0.29) is 0 Å². The second kappa shape index (κ2) is 9.04. The van der Waals surface area contributed by atoms with E-state index >= 15 is 0 Å². The smallest absolute Gasteiger partial charge is 0.418 e. The molecule has 0 saturated heterocycles. The Bertz CT molecular complexity index is 428. The lowest BCUT2D eigenvalue weighted by Crippen LogP contribution is -2.16. The van der Waals surface area contributed by atoms with Crippen LogP contribution in [-0.2, 0) is 4.74 Å². The molecule has 3 nitrogen and oxygen atoms in total. The molecule has 19 heavy (non-hydrogen) atoms. The van der Waals surface area contributed by atoms with Crippen LogP contribution < -0.4 is 4.74 Å². The number of benzene rings is 1. The Balaban J connectivity index is 2.28. The van der Waals surface area contributed by atoms with Crippen LogP contribution in [-0.4, -0.2) is 12.3 Å². The van der Waals surface area contributed by atoms with Crippen molar-refractivity contribution in [1.29, 1.82) is 0 Å². The predicted molar refractivity (Wildman–Crippen MR) is 74.9 cm³/mol. The highest BCUT2D eigenvalue weighted by atomic mass is 16.7. The molecule has 3 heteroatoms. The highest BCUT2D eigenvalue weighted by Crippen LogP contribution is 2.09. The van der Waals surface area contributed by atoms with Crippen molar-refractivity contribution in [2.45, 2.75) is 45.6 Å². The molecule has 0 radical (unpaired) electrons. The van der Waals surface area contributed by atoms with Crippen molar-refractivity contribution in [2.24, 2.45) is 0 Å². The largest absolute Gasteiger partial charge is 0.515 e. The molecule has 0 aliphatic heterocycles. The summed E-state index contributed by atoms with van der Waals surface area (Å²) >= 11 is 0. The highest BCUT2D eigenvalue weighted by molar-refractivity contribution is 5.64. The first-order valence-corrected chi connectivity index (χ1v) is 6.64. The maximum absolute atomic E-state index is 11.4. The molecular weight excluding hydrogens is 240 g/mol. The molecule has 0 heterocycles. The lowest BCUT2D eigenvalue weighted by molar-refractivity contribution is 0.0852. The fourth-order valence-electron chi connectivity index (χ4n) is 1.46. The van der Waals surface area contributed by atoms with Gasteiger partial charge < -0.3 is 9.47 Å². The number of rotatable bonds is 5. The van der Waals surface area contributed by atoms with Gasteiger partial charge in [0.15, 0.2) is 6.10 Å². The number of unbranched alkanes of at least 4 members (excludes halogenated alkanes) is 3. The first kappa shape index (κ1) is 15.1. The van der Waals surface area contributed by atoms with Gasteiger partial charge in [-0.05, 0) is 25.5 Å². The molecule has 0 saturated carbocycles. The van der Waals surface area contributed by atoms with Crippen molar-refractivity contribution in [3.05, 3.63) is 30.3 Å². The Labute approximate surface area is 114 Å². The first-order valence-electron chi connectivity index (χ1n) is 6.64. The van der Waals surface area contributed by atoms with Crippen LogP contribution in [0.25, 0.3) is 0 Å². The number of hydrogen-bond donors (Lipinski definition) is 0. The molecule has 0 aliphatic carbocycles. The Hall–Kier alpha value is -1.95. The van der Waals surface area contributed by atoms with Gasteiger partial charge in [-0.3, -0.25) is 0 Å². The molecule has 1 atom stereocenters. The average Bonchev–Trinajstić information content (AvgIpc) is 2.39. The van der Waals surface area contributed by atoms with Crippen molar-refractivity contribution in [3.8, 4) is 17.6 Å². The highest BCUT2D eigenvalue weighted by Gasteiger charge is 2.09. The van der Waals surface area contributed by atoms with Gasteiger partial charge in [-0.25, -0.2) is 4.79 Å². The van der Waals surface area contributed by atoms with Crippen LogP contribution in [0.3, 0.4) is 0 Å². The Kier molecular flexibility index (Phi) is 7.19.